The number of aliphatic carboxylic acids is 2. The van der Waals surface area contributed by atoms with Gasteiger partial charge in [0, 0.05) is 26.9 Å². The Hall–Kier alpha value is 0.780. The molecule has 8 nitrogen and oxygen atoms in total. The number of hydrogen-bond acceptors (Lipinski definition) is 4. The quantitative estimate of drug-likeness (QED) is 0.354. The number of carbonyl (C=O) groups is 2. The molecule has 0 heterocycles. The Morgan fingerprint density at radius 3 is 1.00 bits per heavy atom. The SMILES string of the molecule is CC(=O)O.CC(=O)O.NCCN.O.O.[H+].[H+].[NaH].[NaH]. The van der Waals surface area contributed by atoms with Crippen LogP contribution in [0.2, 0.25) is 0 Å². The van der Waals surface area contributed by atoms with Crippen LogP contribution in [-0.4, -0.2) is 105 Å². The average Bonchev–Trinajstić information content (AvgIpc) is 1.85. The van der Waals surface area contributed by atoms with E-state index in [2.05, 4.69) is 0 Å². The van der Waals surface area contributed by atoms with Gasteiger partial charge >= 0.3 is 62.0 Å². The van der Waals surface area contributed by atoms with Gasteiger partial charge in [0.05, 0.1) is 0 Å². The maximum absolute atomic E-state index is 9.00. The van der Waals surface area contributed by atoms with E-state index in [0.29, 0.717) is 13.1 Å². The summed E-state index contributed by atoms with van der Waals surface area (Å²) >= 11 is 0. The van der Waals surface area contributed by atoms with E-state index >= 15 is 0 Å². The van der Waals surface area contributed by atoms with Crippen LogP contribution in [0.1, 0.15) is 16.7 Å². The van der Waals surface area contributed by atoms with Gasteiger partial charge in [0.25, 0.3) is 11.9 Å². The van der Waals surface area contributed by atoms with E-state index in [1.165, 1.54) is 0 Å². The Bertz CT molecular complexity index is 115. The van der Waals surface area contributed by atoms with Gasteiger partial charge < -0.3 is 32.6 Å². The first-order chi connectivity index (χ1) is 5.38. The summed E-state index contributed by atoms with van der Waals surface area (Å²) in [5.74, 6) is -1.67. The molecule has 0 aliphatic rings. The van der Waals surface area contributed by atoms with Crippen molar-refractivity contribution in [2.75, 3.05) is 13.1 Å². The van der Waals surface area contributed by atoms with Crippen LogP contribution in [-0.2, 0) is 9.59 Å². The van der Waals surface area contributed by atoms with Crippen LogP contribution in [0.3, 0.4) is 0 Å². The fraction of sp³-hybridized carbons (Fsp3) is 0.667. The third-order valence-electron chi connectivity index (χ3n) is 0.167. The molecule has 10 N–H and O–H groups in total. The van der Waals surface area contributed by atoms with Crippen LogP contribution >= 0.6 is 0 Å². The van der Waals surface area contributed by atoms with Crippen molar-refractivity contribution in [2.45, 2.75) is 13.8 Å². The summed E-state index contributed by atoms with van der Waals surface area (Å²) < 4.78 is 0. The van der Waals surface area contributed by atoms with E-state index in [0.717, 1.165) is 13.8 Å². The molecule has 0 unspecified atom stereocenters. The molecule has 0 spiro atoms. The average molecular weight is 266 g/mol. The third kappa shape index (κ3) is 886. The zero-order valence-electron chi connectivity index (χ0n) is 10.3. The van der Waals surface area contributed by atoms with Crippen molar-refractivity contribution < 1.29 is 33.6 Å². The summed E-state index contributed by atoms with van der Waals surface area (Å²) in [5, 5.41) is 14.8. The van der Waals surface area contributed by atoms with Gasteiger partial charge in [0.15, 0.2) is 0 Å². The Kier molecular flexibility index (Phi) is 122. The molecule has 10 heteroatoms. The molecule has 0 aromatic carbocycles. The molecular formula is C6H24N2Na2O6+2. The predicted molar refractivity (Wildman–Crippen MR) is 68.5 cm³/mol. The fourth-order valence-electron chi connectivity index (χ4n) is 0. The molecule has 0 amide bonds. The molecule has 0 aromatic rings. The molecule has 0 saturated carbocycles. The normalized spacial score (nSPS) is 5.00. The molecule has 0 aliphatic heterocycles. The second kappa shape index (κ2) is 44.7. The van der Waals surface area contributed by atoms with Gasteiger partial charge in [-0.2, -0.15) is 0 Å². The van der Waals surface area contributed by atoms with E-state index in [4.69, 9.17) is 31.3 Å². The van der Waals surface area contributed by atoms with E-state index in [1.807, 2.05) is 0 Å². The van der Waals surface area contributed by atoms with Crippen molar-refractivity contribution in [3.63, 3.8) is 0 Å². The van der Waals surface area contributed by atoms with Crippen molar-refractivity contribution in [3.05, 3.63) is 0 Å². The summed E-state index contributed by atoms with van der Waals surface area (Å²) in [7, 11) is 0. The third-order valence-corrected chi connectivity index (χ3v) is 0.167. The second-order valence-corrected chi connectivity index (χ2v) is 1.62. The summed E-state index contributed by atoms with van der Waals surface area (Å²) in [6, 6.07) is 0. The molecule has 0 atom stereocenters. The van der Waals surface area contributed by atoms with Crippen LogP contribution in [0.25, 0.3) is 0 Å². The summed E-state index contributed by atoms with van der Waals surface area (Å²) in [5.41, 5.74) is 9.81. The van der Waals surface area contributed by atoms with Gasteiger partial charge in [0.2, 0.25) is 0 Å². The van der Waals surface area contributed by atoms with Crippen molar-refractivity contribution in [1.29, 1.82) is 0 Å². The van der Waals surface area contributed by atoms with Crippen LogP contribution in [0.15, 0.2) is 0 Å². The van der Waals surface area contributed by atoms with Gasteiger partial charge in [0.1, 0.15) is 0 Å². The first kappa shape index (κ1) is 43.7. The molecule has 94 valence electrons. The fourth-order valence-corrected chi connectivity index (χ4v) is 0. The molecular weight excluding hydrogens is 242 g/mol. The van der Waals surface area contributed by atoms with E-state index in [-0.39, 0.29) is 72.9 Å². The molecule has 0 fully saturated rings. The Morgan fingerprint density at radius 1 is 0.938 bits per heavy atom. The molecule has 16 heavy (non-hydrogen) atoms. The minimum atomic E-state index is -0.833. The van der Waals surface area contributed by atoms with Gasteiger partial charge in [-0.3, -0.25) is 9.59 Å². The van der Waals surface area contributed by atoms with Crippen LogP contribution in [0.5, 0.6) is 0 Å². The van der Waals surface area contributed by atoms with E-state index in [1.54, 1.807) is 0 Å². The van der Waals surface area contributed by atoms with Gasteiger partial charge in [-0.15, -0.1) is 0 Å². The summed E-state index contributed by atoms with van der Waals surface area (Å²) in [6.07, 6.45) is 0. The molecule has 0 radical (unpaired) electrons. The minimum absolute atomic E-state index is 0. The molecule has 0 aromatic heterocycles. The Morgan fingerprint density at radius 2 is 1.00 bits per heavy atom. The molecule has 0 bridgehead atoms. The molecule has 0 aliphatic carbocycles. The second-order valence-electron chi connectivity index (χ2n) is 1.62. The van der Waals surface area contributed by atoms with Crippen molar-refractivity contribution in [1.82, 2.24) is 0 Å². The van der Waals surface area contributed by atoms with E-state index in [9.17, 15) is 0 Å². The van der Waals surface area contributed by atoms with Crippen LogP contribution in [0.4, 0.5) is 0 Å². The predicted octanol–water partition coefficient (Wildman–Crippen LogP) is -3.64. The van der Waals surface area contributed by atoms with Gasteiger partial charge in [-0.05, 0) is 0 Å². The topological polar surface area (TPSA) is 190 Å². The molecule has 0 saturated heterocycles. The zero-order chi connectivity index (χ0) is 10.6. The van der Waals surface area contributed by atoms with Crippen molar-refractivity contribution in [2.24, 2.45) is 11.5 Å². The van der Waals surface area contributed by atoms with Crippen molar-refractivity contribution >= 4 is 71.1 Å². The monoisotopic (exact) mass is 266 g/mol. The summed E-state index contributed by atoms with van der Waals surface area (Å²) in [6.45, 7) is 3.36. The number of carboxylic acid groups (broad SMARTS) is 2. The summed E-state index contributed by atoms with van der Waals surface area (Å²) in [4.78, 5) is 18.0. The van der Waals surface area contributed by atoms with Gasteiger partial charge in [-0.1, -0.05) is 0 Å². The van der Waals surface area contributed by atoms with E-state index < -0.39 is 11.9 Å². The van der Waals surface area contributed by atoms with Crippen LogP contribution < -0.4 is 11.5 Å². The number of hydrogen-bond donors (Lipinski definition) is 4. The Labute approximate surface area is 142 Å². The number of rotatable bonds is 1. The molecule has 0 rings (SSSR count). The first-order valence-electron chi connectivity index (χ1n) is 3.17. The number of carboxylic acids is 2. The van der Waals surface area contributed by atoms with Crippen molar-refractivity contribution in [3.8, 4) is 0 Å². The zero-order valence-corrected chi connectivity index (χ0v) is 8.28. The number of nitrogens with two attached hydrogens (primary N) is 2. The first-order valence-corrected chi connectivity index (χ1v) is 3.17. The maximum atomic E-state index is 9.00. The standard InChI is InChI=1S/C2H8N2.2C2H4O2.2Na.2H2O.2H/c3-1-2-4;2*1-2(3)4;;;;;;/h1-4H2;2*1H3,(H,3,4);;;2*1H2;;/p+2. The van der Waals surface area contributed by atoms with Gasteiger partial charge in [-0.25, -0.2) is 0 Å². The van der Waals surface area contributed by atoms with Crippen LogP contribution in [0, 0.1) is 0 Å². The Balaban J connectivity index is -0.00000000827.